The van der Waals surface area contributed by atoms with E-state index in [4.69, 9.17) is 11.6 Å². The first kappa shape index (κ1) is 29.7. The van der Waals surface area contributed by atoms with Gasteiger partial charge in [0.05, 0.1) is 37.7 Å². The minimum atomic E-state index is -0.855. The van der Waals surface area contributed by atoms with Gasteiger partial charge in [-0.15, -0.1) is 10.2 Å². The van der Waals surface area contributed by atoms with Crippen molar-refractivity contribution >= 4 is 63.4 Å². The number of halogens is 1. The molecule has 1 aliphatic heterocycles. The van der Waals surface area contributed by atoms with Crippen LogP contribution < -0.4 is 10.2 Å². The Morgan fingerprint density at radius 1 is 1.00 bits per heavy atom. The van der Waals surface area contributed by atoms with Gasteiger partial charge in [0, 0.05) is 38.3 Å². The van der Waals surface area contributed by atoms with E-state index in [0.29, 0.717) is 36.3 Å². The molecule has 3 aromatic carbocycles. The quantitative estimate of drug-likeness (QED) is 0.121. The third-order valence-electron chi connectivity index (χ3n) is 6.42. The largest absolute Gasteiger partial charge is 0.372 e. The van der Waals surface area contributed by atoms with Crippen molar-refractivity contribution in [1.29, 1.82) is 0 Å². The molecule has 0 saturated carbocycles. The third-order valence-corrected chi connectivity index (χ3v) is 6.71. The molecular formula is C27H24ClN7O7. The number of nitrogens with zero attached hydrogens (tertiary/aromatic N) is 6. The van der Waals surface area contributed by atoms with Crippen LogP contribution in [0.3, 0.4) is 0 Å². The molecule has 0 spiro atoms. The van der Waals surface area contributed by atoms with E-state index < -0.39 is 27.1 Å². The Morgan fingerprint density at radius 3 is 2.24 bits per heavy atom. The maximum absolute atomic E-state index is 12.7. The summed E-state index contributed by atoms with van der Waals surface area (Å²) < 4.78 is 0. The molecule has 0 atom stereocenters. The molecule has 216 valence electrons. The number of nitro groups is 2. The van der Waals surface area contributed by atoms with Gasteiger partial charge in [-0.2, -0.15) is 0 Å². The monoisotopic (exact) mass is 593 g/mol. The van der Waals surface area contributed by atoms with Crippen molar-refractivity contribution in [2.75, 3.05) is 29.9 Å². The third kappa shape index (κ3) is 6.23. The van der Waals surface area contributed by atoms with E-state index in [1.54, 1.807) is 42.5 Å². The van der Waals surface area contributed by atoms with Crippen LogP contribution >= 0.6 is 11.6 Å². The van der Waals surface area contributed by atoms with Crippen molar-refractivity contribution < 1.29 is 24.2 Å². The zero-order valence-corrected chi connectivity index (χ0v) is 23.2. The standard InChI is InChI=1S/C27H24ClN7O7/c1-3-32(11-6-12-33-26(37)19-7-4-5-8-20(19)27(33)38)17-9-10-22(23(14-17)29-16(2)36)30-31-25-21(28)13-18(34(39)40)15-24(25)35(41)42/h4-5,7-10,13-15H,3,6,11-12H2,1-2H3,(H,29,36). The average Bonchev–Trinajstić information content (AvgIpc) is 3.19. The smallest absolute Gasteiger partial charge is 0.305 e. The Hall–Kier alpha value is -5.24. The van der Waals surface area contributed by atoms with Gasteiger partial charge in [-0.1, -0.05) is 23.7 Å². The number of nitrogens with one attached hydrogen (secondary N) is 1. The first-order valence-corrected chi connectivity index (χ1v) is 13.1. The van der Waals surface area contributed by atoms with Crippen molar-refractivity contribution in [2.45, 2.75) is 20.3 Å². The molecule has 0 aromatic heterocycles. The number of imide groups is 1. The predicted octanol–water partition coefficient (Wildman–Crippen LogP) is 6.04. The Balaban J connectivity index is 1.54. The summed E-state index contributed by atoms with van der Waals surface area (Å²) in [6.45, 7) is 4.49. The second-order valence-corrected chi connectivity index (χ2v) is 9.54. The molecule has 4 rings (SSSR count). The number of hydrogen-bond acceptors (Lipinski definition) is 10. The minimum absolute atomic E-state index is 0.153. The number of hydrogen-bond donors (Lipinski definition) is 1. The van der Waals surface area contributed by atoms with E-state index in [-0.39, 0.29) is 40.4 Å². The van der Waals surface area contributed by atoms with Gasteiger partial charge < -0.3 is 10.2 Å². The number of rotatable bonds is 11. The number of amides is 3. The molecule has 42 heavy (non-hydrogen) atoms. The van der Waals surface area contributed by atoms with E-state index in [9.17, 15) is 34.6 Å². The number of non-ortho nitro benzene ring substituents is 1. The van der Waals surface area contributed by atoms with Crippen LogP contribution in [0.5, 0.6) is 0 Å². The van der Waals surface area contributed by atoms with E-state index >= 15 is 0 Å². The highest BCUT2D eigenvalue weighted by atomic mass is 35.5. The Kier molecular flexibility index (Phi) is 8.86. The fraction of sp³-hybridized carbons (Fsp3) is 0.222. The predicted molar refractivity (Wildman–Crippen MR) is 154 cm³/mol. The molecule has 0 unspecified atom stereocenters. The Bertz CT molecular complexity index is 1610. The molecular weight excluding hydrogens is 570 g/mol. The van der Waals surface area contributed by atoms with E-state index in [2.05, 4.69) is 15.5 Å². The van der Waals surface area contributed by atoms with Crippen LogP contribution in [0.4, 0.5) is 34.1 Å². The van der Waals surface area contributed by atoms with Gasteiger partial charge >= 0.3 is 5.69 Å². The summed E-state index contributed by atoms with van der Waals surface area (Å²) >= 11 is 6.05. The van der Waals surface area contributed by atoms with Gasteiger partial charge in [-0.25, -0.2) is 0 Å². The number of carbonyl (C=O) groups excluding carboxylic acids is 3. The van der Waals surface area contributed by atoms with Crippen LogP contribution in [0.15, 0.2) is 64.8 Å². The Labute approximate surface area is 243 Å². The zero-order chi connectivity index (χ0) is 30.6. The molecule has 0 saturated heterocycles. The van der Waals surface area contributed by atoms with E-state index in [0.717, 1.165) is 12.1 Å². The summed E-state index contributed by atoms with van der Waals surface area (Å²) in [5.41, 5.74) is 0.223. The van der Waals surface area contributed by atoms with Crippen LogP contribution in [0.1, 0.15) is 41.0 Å². The highest BCUT2D eigenvalue weighted by Gasteiger charge is 2.34. The van der Waals surface area contributed by atoms with Crippen LogP contribution in [0, 0.1) is 20.2 Å². The van der Waals surface area contributed by atoms with Crippen molar-refractivity contribution in [2.24, 2.45) is 10.2 Å². The second-order valence-electron chi connectivity index (χ2n) is 9.13. The van der Waals surface area contributed by atoms with Crippen molar-refractivity contribution in [1.82, 2.24) is 4.90 Å². The van der Waals surface area contributed by atoms with Crippen molar-refractivity contribution in [3.8, 4) is 0 Å². The molecule has 0 bridgehead atoms. The molecule has 0 aliphatic carbocycles. The van der Waals surface area contributed by atoms with Gasteiger partial charge in [-0.05, 0) is 43.7 Å². The highest BCUT2D eigenvalue weighted by molar-refractivity contribution is 6.33. The summed E-state index contributed by atoms with van der Waals surface area (Å²) in [5.74, 6) is -1.05. The summed E-state index contributed by atoms with van der Waals surface area (Å²) in [5, 5.41) is 32.8. The fourth-order valence-electron chi connectivity index (χ4n) is 4.45. The van der Waals surface area contributed by atoms with Gasteiger partial charge in [0.2, 0.25) is 5.91 Å². The fourth-order valence-corrected chi connectivity index (χ4v) is 4.69. The lowest BCUT2D eigenvalue weighted by atomic mass is 10.1. The lowest BCUT2D eigenvalue weighted by molar-refractivity contribution is -0.393. The molecule has 15 heteroatoms. The Morgan fingerprint density at radius 2 is 1.67 bits per heavy atom. The zero-order valence-electron chi connectivity index (χ0n) is 22.4. The van der Waals surface area contributed by atoms with E-state index in [1.807, 2.05) is 11.8 Å². The van der Waals surface area contributed by atoms with Gasteiger partial charge in [-0.3, -0.25) is 39.5 Å². The van der Waals surface area contributed by atoms with Gasteiger partial charge in [0.1, 0.15) is 5.69 Å². The highest BCUT2D eigenvalue weighted by Crippen LogP contribution is 2.40. The lowest BCUT2D eigenvalue weighted by Crippen LogP contribution is -2.33. The number of anilines is 2. The number of nitro benzene ring substituents is 2. The topological polar surface area (TPSA) is 181 Å². The maximum Gasteiger partial charge on any atom is 0.305 e. The van der Waals surface area contributed by atoms with Crippen LogP contribution in [-0.4, -0.2) is 52.1 Å². The normalized spacial score (nSPS) is 12.5. The number of azo groups is 1. The molecule has 3 aromatic rings. The maximum atomic E-state index is 12.7. The lowest BCUT2D eigenvalue weighted by Gasteiger charge is -2.25. The van der Waals surface area contributed by atoms with E-state index in [1.165, 1.54) is 11.8 Å². The minimum Gasteiger partial charge on any atom is -0.372 e. The molecule has 1 aliphatic rings. The second kappa shape index (κ2) is 12.5. The molecule has 1 N–H and O–H groups in total. The number of benzene rings is 3. The molecule has 3 amide bonds. The molecule has 0 fully saturated rings. The van der Waals surface area contributed by atoms with Gasteiger partial charge in [0.15, 0.2) is 5.69 Å². The summed E-state index contributed by atoms with van der Waals surface area (Å²) in [6, 6.07) is 13.2. The molecule has 0 radical (unpaired) electrons. The van der Waals surface area contributed by atoms with Crippen LogP contribution in [0.2, 0.25) is 5.02 Å². The summed E-state index contributed by atoms with van der Waals surface area (Å²) in [7, 11) is 0. The first-order chi connectivity index (χ1) is 20.0. The summed E-state index contributed by atoms with van der Waals surface area (Å²) in [6.07, 6.45) is 0.485. The SMILES string of the molecule is CCN(CCCN1C(=O)c2ccccc2C1=O)c1ccc(N=Nc2c(Cl)cc([N+](=O)[O-])cc2[N+](=O)[O-])c(NC(C)=O)c1. The average molecular weight is 594 g/mol. The number of fused-ring (bicyclic) bond motifs is 1. The first-order valence-electron chi connectivity index (χ1n) is 12.7. The van der Waals surface area contributed by atoms with Crippen molar-refractivity contribution in [3.63, 3.8) is 0 Å². The summed E-state index contributed by atoms with van der Waals surface area (Å²) in [4.78, 5) is 61.4. The molecule has 1 heterocycles. The number of carbonyl (C=O) groups is 3. The van der Waals surface area contributed by atoms with Crippen molar-refractivity contribution in [3.05, 3.63) is 91.0 Å². The van der Waals surface area contributed by atoms with Crippen LogP contribution in [-0.2, 0) is 4.79 Å². The van der Waals surface area contributed by atoms with Crippen LogP contribution in [0.25, 0.3) is 0 Å². The molecule has 14 nitrogen and oxygen atoms in total. The van der Waals surface area contributed by atoms with Gasteiger partial charge in [0.25, 0.3) is 17.5 Å².